The van der Waals surface area contributed by atoms with Crippen molar-refractivity contribution in [3.63, 3.8) is 0 Å². The Labute approximate surface area is 118 Å². The van der Waals surface area contributed by atoms with E-state index >= 15 is 0 Å². The molecule has 2 aliphatic rings. The molecule has 1 aliphatic heterocycles. The van der Waals surface area contributed by atoms with Gasteiger partial charge >= 0.3 is 6.03 Å². The van der Waals surface area contributed by atoms with Gasteiger partial charge < -0.3 is 11.1 Å². The first-order valence-electron chi connectivity index (χ1n) is 7.10. The molecule has 3 amide bonds. The van der Waals surface area contributed by atoms with Crippen LogP contribution in [0.4, 0.5) is 10.5 Å². The van der Waals surface area contributed by atoms with E-state index in [1.54, 1.807) is 6.07 Å². The number of imide groups is 1. The molecule has 1 saturated carbocycles. The first kappa shape index (κ1) is 13.0. The molecule has 3 rings (SSSR count). The van der Waals surface area contributed by atoms with Gasteiger partial charge in [0.2, 0.25) is 0 Å². The van der Waals surface area contributed by atoms with E-state index in [9.17, 15) is 9.59 Å². The third-order valence-corrected chi connectivity index (χ3v) is 4.34. The van der Waals surface area contributed by atoms with Crippen LogP contribution in [-0.2, 0) is 11.3 Å². The number of hydrogen-bond acceptors (Lipinski definition) is 3. The number of carbonyl (C=O) groups is 2. The van der Waals surface area contributed by atoms with E-state index in [1.807, 2.05) is 18.2 Å². The molecule has 1 aliphatic carbocycles. The summed E-state index contributed by atoms with van der Waals surface area (Å²) in [7, 11) is 0. The monoisotopic (exact) mass is 273 g/mol. The number of para-hydroxylation sites is 1. The van der Waals surface area contributed by atoms with Gasteiger partial charge in [-0.1, -0.05) is 37.5 Å². The first-order chi connectivity index (χ1) is 9.62. The molecule has 0 bridgehead atoms. The standard InChI is InChI=1S/C15H19N3O2/c16-12-7-3-2-6-11(12)10-18-13(19)15(17-14(18)20)8-4-1-5-9-15/h2-3,6-7H,1,4-5,8-10,16H2,(H,17,20). The molecule has 106 valence electrons. The number of nitrogen functional groups attached to an aromatic ring is 1. The molecule has 3 N–H and O–H groups in total. The predicted octanol–water partition coefficient (Wildman–Crippen LogP) is 2.02. The highest BCUT2D eigenvalue weighted by molar-refractivity contribution is 6.07. The third kappa shape index (κ3) is 2.03. The van der Waals surface area contributed by atoms with Crippen LogP contribution in [0.25, 0.3) is 0 Å². The fourth-order valence-corrected chi connectivity index (χ4v) is 3.16. The summed E-state index contributed by atoms with van der Waals surface area (Å²) in [6, 6.07) is 7.04. The molecule has 1 aromatic rings. The first-order valence-corrected chi connectivity index (χ1v) is 7.10. The summed E-state index contributed by atoms with van der Waals surface area (Å²) in [5.74, 6) is -0.0922. The number of nitrogens with zero attached hydrogens (tertiary/aromatic N) is 1. The second-order valence-electron chi connectivity index (χ2n) is 5.66. The molecule has 1 saturated heterocycles. The van der Waals surface area contributed by atoms with E-state index in [0.29, 0.717) is 5.69 Å². The Morgan fingerprint density at radius 3 is 2.55 bits per heavy atom. The smallest absolute Gasteiger partial charge is 0.325 e. The lowest BCUT2D eigenvalue weighted by Gasteiger charge is -2.30. The van der Waals surface area contributed by atoms with Crippen LogP contribution in [0.5, 0.6) is 0 Å². The number of nitrogens with two attached hydrogens (primary N) is 1. The van der Waals surface area contributed by atoms with Gasteiger partial charge in [-0.05, 0) is 24.5 Å². The average molecular weight is 273 g/mol. The molecular weight excluding hydrogens is 254 g/mol. The van der Waals surface area contributed by atoms with E-state index < -0.39 is 5.54 Å². The van der Waals surface area contributed by atoms with Crippen molar-refractivity contribution >= 4 is 17.6 Å². The number of hydrogen-bond donors (Lipinski definition) is 2. The van der Waals surface area contributed by atoms with Crippen LogP contribution in [-0.4, -0.2) is 22.4 Å². The highest BCUT2D eigenvalue weighted by atomic mass is 16.2. The van der Waals surface area contributed by atoms with Gasteiger partial charge in [-0.25, -0.2) is 4.79 Å². The van der Waals surface area contributed by atoms with Gasteiger partial charge in [0.25, 0.3) is 5.91 Å². The Hall–Kier alpha value is -2.04. The molecule has 5 heteroatoms. The minimum Gasteiger partial charge on any atom is -0.398 e. The van der Waals surface area contributed by atoms with Gasteiger partial charge in [-0.3, -0.25) is 9.69 Å². The number of urea groups is 1. The molecule has 1 heterocycles. The van der Waals surface area contributed by atoms with E-state index in [4.69, 9.17) is 5.73 Å². The Morgan fingerprint density at radius 1 is 1.15 bits per heavy atom. The molecule has 1 aromatic carbocycles. The van der Waals surface area contributed by atoms with E-state index in [0.717, 1.165) is 37.7 Å². The number of rotatable bonds is 2. The number of amides is 3. The van der Waals surface area contributed by atoms with Crippen molar-refractivity contribution in [3.05, 3.63) is 29.8 Å². The Balaban J connectivity index is 1.82. The van der Waals surface area contributed by atoms with Crippen molar-refractivity contribution in [1.82, 2.24) is 10.2 Å². The molecule has 0 atom stereocenters. The summed E-state index contributed by atoms with van der Waals surface area (Å²) in [6.07, 6.45) is 4.62. The van der Waals surface area contributed by atoms with E-state index in [1.165, 1.54) is 4.90 Å². The molecule has 0 aromatic heterocycles. The zero-order valence-corrected chi connectivity index (χ0v) is 11.4. The van der Waals surface area contributed by atoms with Crippen LogP contribution in [0.2, 0.25) is 0 Å². The Bertz CT molecular complexity index is 550. The second-order valence-corrected chi connectivity index (χ2v) is 5.66. The van der Waals surface area contributed by atoms with Crippen LogP contribution in [0.15, 0.2) is 24.3 Å². The molecule has 5 nitrogen and oxygen atoms in total. The van der Waals surface area contributed by atoms with Crippen LogP contribution in [0.3, 0.4) is 0 Å². The molecular formula is C15H19N3O2. The Morgan fingerprint density at radius 2 is 1.85 bits per heavy atom. The van der Waals surface area contributed by atoms with Crippen molar-refractivity contribution in [1.29, 1.82) is 0 Å². The summed E-state index contributed by atoms with van der Waals surface area (Å²) in [5, 5.41) is 2.91. The zero-order valence-electron chi connectivity index (χ0n) is 11.4. The van der Waals surface area contributed by atoms with Gasteiger partial charge in [-0.2, -0.15) is 0 Å². The summed E-state index contributed by atoms with van der Waals surface area (Å²) >= 11 is 0. The molecule has 20 heavy (non-hydrogen) atoms. The lowest BCUT2D eigenvalue weighted by Crippen LogP contribution is -2.48. The molecule has 0 radical (unpaired) electrons. The largest absolute Gasteiger partial charge is 0.398 e. The minimum absolute atomic E-state index is 0.0922. The van der Waals surface area contributed by atoms with E-state index in [2.05, 4.69) is 5.32 Å². The van der Waals surface area contributed by atoms with Crippen molar-refractivity contribution in [2.45, 2.75) is 44.2 Å². The van der Waals surface area contributed by atoms with Crippen LogP contribution >= 0.6 is 0 Å². The summed E-state index contributed by atoms with van der Waals surface area (Å²) < 4.78 is 0. The lowest BCUT2D eigenvalue weighted by molar-refractivity contribution is -0.132. The maximum Gasteiger partial charge on any atom is 0.325 e. The number of carbonyl (C=O) groups excluding carboxylic acids is 2. The SMILES string of the molecule is Nc1ccccc1CN1C(=O)NC2(CCCCC2)C1=O. The van der Waals surface area contributed by atoms with Gasteiger partial charge in [0, 0.05) is 5.69 Å². The minimum atomic E-state index is -0.654. The van der Waals surface area contributed by atoms with Gasteiger partial charge in [-0.15, -0.1) is 0 Å². The molecule has 2 fully saturated rings. The van der Waals surface area contributed by atoms with Crippen LogP contribution in [0, 0.1) is 0 Å². The lowest BCUT2D eigenvalue weighted by atomic mass is 9.82. The highest BCUT2D eigenvalue weighted by Crippen LogP contribution is 2.34. The number of benzene rings is 1. The van der Waals surface area contributed by atoms with Gasteiger partial charge in [0.15, 0.2) is 0 Å². The van der Waals surface area contributed by atoms with Gasteiger partial charge in [0.05, 0.1) is 6.54 Å². The maximum absolute atomic E-state index is 12.6. The zero-order chi connectivity index (χ0) is 14.2. The second kappa shape index (κ2) is 4.81. The van der Waals surface area contributed by atoms with Crippen molar-refractivity contribution < 1.29 is 9.59 Å². The molecule has 1 spiro atoms. The summed E-state index contributed by atoms with van der Waals surface area (Å²) in [6.45, 7) is 0.249. The van der Waals surface area contributed by atoms with Crippen LogP contribution < -0.4 is 11.1 Å². The van der Waals surface area contributed by atoms with Crippen LogP contribution in [0.1, 0.15) is 37.7 Å². The Kier molecular flexibility index (Phi) is 3.12. The van der Waals surface area contributed by atoms with Crippen molar-refractivity contribution in [2.75, 3.05) is 5.73 Å². The number of nitrogens with one attached hydrogen (secondary N) is 1. The summed E-state index contributed by atoms with van der Waals surface area (Å²) in [4.78, 5) is 26.0. The quantitative estimate of drug-likeness (QED) is 0.639. The topological polar surface area (TPSA) is 75.4 Å². The molecule has 0 unspecified atom stereocenters. The third-order valence-electron chi connectivity index (χ3n) is 4.34. The fourth-order valence-electron chi connectivity index (χ4n) is 3.16. The van der Waals surface area contributed by atoms with Crippen molar-refractivity contribution in [3.8, 4) is 0 Å². The maximum atomic E-state index is 12.6. The average Bonchev–Trinajstić information content (AvgIpc) is 2.66. The van der Waals surface area contributed by atoms with E-state index in [-0.39, 0.29) is 18.5 Å². The fraction of sp³-hybridized carbons (Fsp3) is 0.467. The predicted molar refractivity (Wildman–Crippen MR) is 75.8 cm³/mol. The van der Waals surface area contributed by atoms with Gasteiger partial charge in [0.1, 0.15) is 5.54 Å². The summed E-state index contributed by atoms with van der Waals surface area (Å²) in [5.41, 5.74) is 6.65. The number of anilines is 1. The normalized spacial score (nSPS) is 21.3. The highest BCUT2D eigenvalue weighted by Gasteiger charge is 2.51. The van der Waals surface area contributed by atoms with Crippen molar-refractivity contribution in [2.24, 2.45) is 0 Å².